The van der Waals surface area contributed by atoms with E-state index in [0.717, 1.165) is 24.0 Å². The molecule has 1 unspecified atom stereocenters. The maximum atomic E-state index is 11.5. The van der Waals surface area contributed by atoms with Gasteiger partial charge in [-0.2, -0.15) is 6.92 Å². The van der Waals surface area contributed by atoms with Gasteiger partial charge < -0.3 is 24.4 Å². The molecule has 0 aliphatic carbocycles. The summed E-state index contributed by atoms with van der Waals surface area (Å²) in [6.07, 6.45) is 2.24. The average Bonchev–Trinajstić information content (AvgIpc) is 2.70. The maximum absolute atomic E-state index is 11.5. The van der Waals surface area contributed by atoms with Crippen LogP contribution in [0.4, 0.5) is 0 Å². The Hall–Kier alpha value is -0.874. The number of hydrogen-bond acceptors (Lipinski definition) is 2. The molecule has 0 spiro atoms. The van der Waals surface area contributed by atoms with Crippen LogP contribution in [-0.2, 0) is 5.60 Å². The van der Waals surface area contributed by atoms with E-state index >= 15 is 0 Å². The van der Waals surface area contributed by atoms with Gasteiger partial charge in [0.25, 0.3) is 0 Å². The second-order valence-electron chi connectivity index (χ2n) is 7.74. The van der Waals surface area contributed by atoms with Crippen LogP contribution < -0.4 is 12.4 Å². The Morgan fingerprint density at radius 3 is 1.70 bits per heavy atom. The van der Waals surface area contributed by atoms with Crippen molar-refractivity contribution >= 4 is 28.8 Å². The molecule has 0 aliphatic heterocycles. The number of carbonyl (C=O) groups is 1. The number of ketones is 1. The van der Waals surface area contributed by atoms with Crippen LogP contribution >= 0.6 is 0 Å². The third-order valence-corrected chi connectivity index (χ3v) is 4.33. The summed E-state index contributed by atoms with van der Waals surface area (Å²) in [6, 6.07) is 19.4. The van der Waals surface area contributed by atoms with Gasteiger partial charge in [0.2, 0.25) is 0 Å². The predicted molar refractivity (Wildman–Crippen MR) is 127 cm³/mol. The van der Waals surface area contributed by atoms with E-state index in [-0.39, 0.29) is 41.2 Å². The summed E-state index contributed by atoms with van der Waals surface area (Å²) in [5, 5.41) is 10.5. The van der Waals surface area contributed by atoms with Crippen molar-refractivity contribution < 1.29 is 22.3 Å². The Bertz CT molecular complexity index is 645. The second kappa shape index (κ2) is 18.9. The van der Waals surface area contributed by atoms with Crippen LogP contribution in [0.15, 0.2) is 60.7 Å². The van der Waals surface area contributed by atoms with Gasteiger partial charge in [-0.05, 0) is 30.2 Å². The molecule has 0 bridgehead atoms. The SMILES string of the molecule is CC(C)CC(=O)c1ccccc1.CCC(O)(CC(C)C)c1ccccc1.[CH2-]C.[Cl-].[Mg+2]. The summed E-state index contributed by atoms with van der Waals surface area (Å²) in [6.45, 7) is 15.4. The number of benzene rings is 2. The number of Topliss-reactive ketones (excluding diaryl/α,β-unsaturated/α-hetero) is 1. The zero-order valence-electron chi connectivity index (χ0n) is 19.7. The number of rotatable bonds is 7. The minimum atomic E-state index is -0.643. The van der Waals surface area contributed by atoms with Crippen molar-refractivity contribution in [1.82, 2.24) is 0 Å². The van der Waals surface area contributed by atoms with Crippen LogP contribution in [0.5, 0.6) is 0 Å². The molecule has 2 rings (SSSR count). The molecule has 4 heteroatoms. The fraction of sp³-hybridized carbons (Fsp3) is 0.462. The first kappa shape index (κ1) is 33.8. The van der Waals surface area contributed by atoms with Gasteiger partial charge >= 0.3 is 23.1 Å². The van der Waals surface area contributed by atoms with Crippen LogP contribution in [0.2, 0.25) is 0 Å². The third-order valence-electron chi connectivity index (χ3n) is 4.33. The zero-order chi connectivity index (χ0) is 21.6. The summed E-state index contributed by atoms with van der Waals surface area (Å²) in [5.74, 6) is 1.20. The molecule has 0 amide bonds. The van der Waals surface area contributed by atoms with E-state index in [9.17, 15) is 9.90 Å². The molecule has 2 aromatic rings. The standard InChI is InChI=1S/C13H20O.C11H14O.C2H5.ClH.Mg/c1-4-13(14,10-11(2)3)12-8-6-5-7-9-12;1-9(2)8-11(12)10-6-4-3-5-7-10;1-2;;/h5-9,11,14H,4,10H2,1-3H3;3-7,9H,8H2,1-2H3;1H2,2H3;1H;/q;;-1;;+2/p-1. The Kier molecular flexibility index (Phi) is 21.2. The van der Waals surface area contributed by atoms with Gasteiger partial charge in [0, 0.05) is 12.0 Å². The molecule has 0 heterocycles. The number of carbonyl (C=O) groups excluding carboxylic acids is 1. The molecule has 0 saturated heterocycles. The Morgan fingerprint density at radius 1 is 0.900 bits per heavy atom. The van der Waals surface area contributed by atoms with E-state index in [2.05, 4.69) is 34.6 Å². The van der Waals surface area contributed by atoms with Crippen molar-refractivity contribution in [3.63, 3.8) is 0 Å². The molecule has 1 N–H and O–H groups in total. The molecule has 30 heavy (non-hydrogen) atoms. The topological polar surface area (TPSA) is 37.3 Å². The number of aliphatic hydroxyl groups is 1. The van der Waals surface area contributed by atoms with Gasteiger partial charge in [-0.1, -0.05) is 95.3 Å². The zero-order valence-corrected chi connectivity index (χ0v) is 21.9. The van der Waals surface area contributed by atoms with E-state index in [1.54, 1.807) is 6.92 Å². The van der Waals surface area contributed by atoms with Crippen molar-refractivity contribution in [2.24, 2.45) is 11.8 Å². The smallest absolute Gasteiger partial charge is 1.00 e. The van der Waals surface area contributed by atoms with Crippen molar-refractivity contribution in [3.05, 3.63) is 78.7 Å². The first-order valence-electron chi connectivity index (χ1n) is 10.3. The fourth-order valence-corrected chi connectivity index (χ4v) is 3.00. The summed E-state index contributed by atoms with van der Waals surface area (Å²) in [7, 11) is 0. The van der Waals surface area contributed by atoms with E-state index in [0.29, 0.717) is 18.3 Å². The molecule has 0 aromatic heterocycles. The molecular weight excluding hydrogens is 404 g/mol. The Labute approximate surface area is 207 Å². The van der Waals surface area contributed by atoms with Crippen molar-refractivity contribution in [2.75, 3.05) is 0 Å². The predicted octanol–water partition coefficient (Wildman–Crippen LogP) is 3.71. The minimum Gasteiger partial charge on any atom is -1.00 e. The molecule has 0 aliphatic rings. The summed E-state index contributed by atoms with van der Waals surface area (Å²) in [5.41, 5.74) is 1.22. The van der Waals surface area contributed by atoms with Gasteiger partial charge in [-0.25, -0.2) is 0 Å². The van der Waals surface area contributed by atoms with Crippen molar-refractivity contribution in [1.29, 1.82) is 0 Å². The van der Waals surface area contributed by atoms with Gasteiger partial charge in [0.15, 0.2) is 5.78 Å². The molecule has 0 fully saturated rings. The molecular formula is C26H39ClMgO2. The van der Waals surface area contributed by atoms with Crippen LogP contribution in [0.1, 0.15) is 76.7 Å². The molecule has 1 atom stereocenters. The van der Waals surface area contributed by atoms with Crippen LogP contribution in [-0.4, -0.2) is 33.9 Å². The minimum absolute atomic E-state index is 0. The summed E-state index contributed by atoms with van der Waals surface area (Å²) < 4.78 is 0. The molecule has 0 radical (unpaired) electrons. The molecule has 2 nitrogen and oxygen atoms in total. The van der Waals surface area contributed by atoms with Crippen molar-refractivity contribution in [2.45, 2.75) is 66.4 Å². The van der Waals surface area contributed by atoms with Crippen LogP contribution in [0, 0.1) is 18.8 Å². The van der Waals surface area contributed by atoms with E-state index in [1.165, 1.54) is 0 Å². The van der Waals surface area contributed by atoms with Gasteiger partial charge in [-0.15, -0.1) is 0 Å². The van der Waals surface area contributed by atoms with E-state index in [4.69, 9.17) is 0 Å². The Balaban J connectivity index is -0.000000426. The molecule has 0 saturated carbocycles. The maximum Gasteiger partial charge on any atom is 2.00 e. The fourth-order valence-electron chi connectivity index (χ4n) is 3.00. The van der Waals surface area contributed by atoms with E-state index < -0.39 is 5.60 Å². The Morgan fingerprint density at radius 2 is 1.33 bits per heavy atom. The third kappa shape index (κ3) is 13.4. The largest absolute Gasteiger partial charge is 2.00 e. The normalized spacial score (nSPS) is 11.5. The number of halogens is 1. The molecule has 2 aromatic carbocycles. The molecule has 164 valence electrons. The summed E-state index contributed by atoms with van der Waals surface area (Å²) in [4.78, 5) is 11.5. The second-order valence-corrected chi connectivity index (χ2v) is 7.74. The van der Waals surface area contributed by atoms with Gasteiger partial charge in [-0.3, -0.25) is 4.79 Å². The van der Waals surface area contributed by atoms with Crippen LogP contribution in [0.3, 0.4) is 0 Å². The van der Waals surface area contributed by atoms with Gasteiger partial charge in [0.05, 0.1) is 5.60 Å². The number of hydrogen-bond donors (Lipinski definition) is 1. The average molecular weight is 443 g/mol. The monoisotopic (exact) mass is 442 g/mol. The summed E-state index contributed by atoms with van der Waals surface area (Å²) >= 11 is 0. The first-order valence-corrected chi connectivity index (χ1v) is 10.3. The van der Waals surface area contributed by atoms with Crippen molar-refractivity contribution in [3.8, 4) is 0 Å². The quantitative estimate of drug-likeness (QED) is 0.403. The van der Waals surface area contributed by atoms with Gasteiger partial charge in [0.1, 0.15) is 0 Å². The van der Waals surface area contributed by atoms with Crippen LogP contribution in [0.25, 0.3) is 0 Å². The first-order chi connectivity index (χ1) is 13.3. The van der Waals surface area contributed by atoms with E-state index in [1.807, 2.05) is 67.6 Å².